The predicted molar refractivity (Wildman–Crippen MR) is 131 cm³/mol. The molecule has 2 aromatic heterocycles. The van der Waals surface area contributed by atoms with Crippen LogP contribution >= 0.6 is 0 Å². The van der Waals surface area contributed by atoms with Crippen molar-refractivity contribution in [3.8, 4) is 11.3 Å². The molecule has 1 aliphatic rings. The fourth-order valence-electron chi connectivity index (χ4n) is 4.30. The van der Waals surface area contributed by atoms with Gasteiger partial charge >= 0.3 is 0 Å². The van der Waals surface area contributed by atoms with E-state index in [2.05, 4.69) is 15.2 Å². The highest BCUT2D eigenvalue weighted by Crippen LogP contribution is 2.33. The lowest BCUT2D eigenvalue weighted by atomic mass is 10.0. The normalized spacial score (nSPS) is 16.0. The maximum absolute atomic E-state index is 13.4. The Hall–Kier alpha value is -4.21. The van der Waals surface area contributed by atoms with Crippen LogP contribution in [0.2, 0.25) is 0 Å². The number of hydrogen-bond donors (Lipinski definition) is 3. The Kier molecular flexibility index (Phi) is 6.81. The molecule has 3 aromatic rings. The third-order valence-corrected chi connectivity index (χ3v) is 6.06. The number of aryl methyl sites for hydroxylation is 1. The maximum Gasteiger partial charge on any atom is 0.269 e. The number of halogens is 1. The van der Waals surface area contributed by atoms with Gasteiger partial charge in [-0.15, -0.1) is 0 Å². The van der Waals surface area contributed by atoms with Gasteiger partial charge in [-0.1, -0.05) is 18.2 Å². The van der Waals surface area contributed by atoms with Crippen LogP contribution in [0.4, 0.5) is 10.2 Å². The summed E-state index contributed by atoms with van der Waals surface area (Å²) in [5.41, 5.74) is 7.48. The van der Waals surface area contributed by atoms with E-state index in [1.165, 1.54) is 10.7 Å². The van der Waals surface area contributed by atoms with Gasteiger partial charge in [0.05, 0.1) is 12.2 Å². The topological polar surface area (TPSA) is 132 Å². The van der Waals surface area contributed by atoms with E-state index in [1.54, 1.807) is 31.2 Å². The molecular weight excluding hydrogens is 449 g/mol. The summed E-state index contributed by atoms with van der Waals surface area (Å²) < 4.78 is 14.7. The van der Waals surface area contributed by atoms with Crippen molar-refractivity contribution in [2.45, 2.75) is 39.2 Å². The van der Waals surface area contributed by atoms with Crippen LogP contribution in [0, 0.1) is 12.7 Å². The van der Waals surface area contributed by atoms with Crippen molar-refractivity contribution < 1.29 is 14.0 Å². The Bertz CT molecular complexity index is 1280. The third kappa shape index (κ3) is 4.86. The lowest BCUT2D eigenvalue weighted by Gasteiger charge is -2.34. The van der Waals surface area contributed by atoms with Gasteiger partial charge in [0, 0.05) is 17.7 Å². The van der Waals surface area contributed by atoms with Crippen LogP contribution in [0.25, 0.3) is 11.3 Å². The molecule has 10 heteroatoms. The molecule has 0 radical (unpaired) electrons. The lowest BCUT2D eigenvalue weighted by Crippen LogP contribution is -2.33. The largest absolute Gasteiger partial charge is 0.368 e. The number of rotatable bonds is 6. The van der Waals surface area contributed by atoms with Gasteiger partial charge in [0.25, 0.3) is 11.8 Å². The van der Waals surface area contributed by atoms with Crippen molar-refractivity contribution in [3.63, 3.8) is 0 Å². The average Bonchev–Trinajstić information content (AvgIpc) is 3.19. The number of aromatic nitrogens is 3. The van der Waals surface area contributed by atoms with Crippen LogP contribution in [-0.2, 0) is 0 Å². The number of imidazole rings is 1. The summed E-state index contributed by atoms with van der Waals surface area (Å²) in [7, 11) is 0. The van der Waals surface area contributed by atoms with E-state index in [1.807, 2.05) is 19.2 Å². The molecular formula is C25H28FN7O2. The summed E-state index contributed by atoms with van der Waals surface area (Å²) in [6.45, 7) is 4.41. The number of allylic oxidation sites excluding steroid dienone is 1. The number of amides is 2. The van der Waals surface area contributed by atoms with Crippen molar-refractivity contribution in [2.24, 2.45) is 5.73 Å². The minimum absolute atomic E-state index is 0.0754. The number of hydrogen-bond acceptors (Lipinski definition) is 6. The van der Waals surface area contributed by atoms with Crippen molar-refractivity contribution in [3.05, 3.63) is 77.3 Å². The van der Waals surface area contributed by atoms with Gasteiger partial charge < -0.3 is 21.8 Å². The Morgan fingerprint density at radius 1 is 1.23 bits per heavy atom. The van der Waals surface area contributed by atoms with Gasteiger partial charge in [0.2, 0.25) is 0 Å². The number of nitrogens with two attached hydrogens (primary N) is 2. The summed E-state index contributed by atoms with van der Waals surface area (Å²) in [6, 6.07) is 7.96. The summed E-state index contributed by atoms with van der Waals surface area (Å²) in [5.74, 6) is 5.60. The molecule has 1 saturated heterocycles. The fraction of sp³-hybridized carbons (Fsp3) is 0.280. The van der Waals surface area contributed by atoms with E-state index in [0.717, 1.165) is 32.0 Å². The second-order valence-corrected chi connectivity index (χ2v) is 8.48. The van der Waals surface area contributed by atoms with Gasteiger partial charge in [0.15, 0.2) is 11.5 Å². The highest BCUT2D eigenvalue weighted by Gasteiger charge is 2.30. The molecule has 0 aliphatic carbocycles. The third-order valence-electron chi connectivity index (χ3n) is 6.06. The quantitative estimate of drug-likeness (QED) is 0.466. The van der Waals surface area contributed by atoms with E-state index >= 15 is 0 Å². The first-order valence-corrected chi connectivity index (χ1v) is 11.4. The Morgan fingerprint density at radius 2 is 1.97 bits per heavy atom. The van der Waals surface area contributed by atoms with Gasteiger partial charge in [-0.25, -0.2) is 19.0 Å². The van der Waals surface area contributed by atoms with E-state index < -0.39 is 17.6 Å². The molecule has 0 saturated carbocycles. The molecule has 1 fully saturated rings. The van der Waals surface area contributed by atoms with Crippen LogP contribution < -0.4 is 16.9 Å². The molecule has 4 rings (SSSR count). The molecule has 0 bridgehead atoms. The molecule has 2 amide bonds. The number of piperidine rings is 1. The van der Waals surface area contributed by atoms with Gasteiger partial charge in [0.1, 0.15) is 17.3 Å². The number of nitrogens with zero attached hydrogens (tertiary/aromatic N) is 4. The molecule has 182 valence electrons. The summed E-state index contributed by atoms with van der Waals surface area (Å²) in [4.78, 5) is 35.7. The number of nitrogens with one attached hydrogen (secondary N) is 1. The number of pyridine rings is 1. The van der Waals surface area contributed by atoms with Crippen LogP contribution in [0.3, 0.4) is 0 Å². The number of nitrogen functional groups attached to an aromatic ring is 1. The number of anilines is 1. The molecule has 9 nitrogen and oxygen atoms in total. The molecule has 3 heterocycles. The monoisotopic (exact) mass is 477 g/mol. The smallest absolute Gasteiger partial charge is 0.269 e. The minimum Gasteiger partial charge on any atom is -0.368 e. The second kappa shape index (κ2) is 9.96. The van der Waals surface area contributed by atoms with Crippen molar-refractivity contribution in [1.82, 2.24) is 19.5 Å². The Labute approximate surface area is 202 Å². The lowest BCUT2D eigenvalue weighted by molar-refractivity contribution is 0.0990. The SMILES string of the molecule is CC=CN1CCCCC1c1nc(-c2ccc(C(=O)Nc3cc(C)c(F)cn3)cc2)c(C(N)=O)n1N. The summed E-state index contributed by atoms with van der Waals surface area (Å²) in [5, 5.41) is 2.65. The van der Waals surface area contributed by atoms with E-state index in [0.29, 0.717) is 28.2 Å². The minimum atomic E-state index is -0.686. The van der Waals surface area contributed by atoms with Crippen molar-refractivity contribution >= 4 is 17.6 Å². The Morgan fingerprint density at radius 3 is 2.63 bits per heavy atom. The predicted octanol–water partition coefficient (Wildman–Crippen LogP) is 3.52. The van der Waals surface area contributed by atoms with Crippen molar-refractivity contribution in [2.75, 3.05) is 17.7 Å². The first kappa shape index (κ1) is 23.9. The molecule has 1 aromatic carbocycles. The first-order valence-electron chi connectivity index (χ1n) is 11.4. The highest BCUT2D eigenvalue weighted by atomic mass is 19.1. The number of carbonyl (C=O) groups is 2. The van der Waals surface area contributed by atoms with Gasteiger partial charge in [-0.3, -0.25) is 9.59 Å². The van der Waals surface area contributed by atoms with E-state index in [4.69, 9.17) is 16.6 Å². The van der Waals surface area contributed by atoms with Crippen LogP contribution in [0.1, 0.15) is 64.5 Å². The molecule has 5 N–H and O–H groups in total. The first-order chi connectivity index (χ1) is 16.8. The van der Waals surface area contributed by atoms with E-state index in [9.17, 15) is 14.0 Å². The van der Waals surface area contributed by atoms with Crippen molar-refractivity contribution in [1.29, 1.82) is 0 Å². The zero-order valence-electron chi connectivity index (χ0n) is 19.7. The molecule has 0 spiro atoms. The molecule has 35 heavy (non-hydrogen) atoms. The van der Waals surface area contributed by atoms with Crippen LogP contribution in [-0.4, -0.2) is 37.9 Å². The van der Waals surface area contributed by atoms with Crippen LogP contribution in [0.5, 0.6) is 0 Å². The summed E-state index contributed by atoms with van der Waals surface area (Å²) >= 11 is 0. The fourth-order valence-corrected chi connectivity index (χ4v) is 4.30. The van der Waals surface area contributed by atoms with Gasteiger partial charge in [-0.05, 0) is 63.1 Å². The average molecular weight is 478 g/mol. The number of benzene rings is 1. The summed E-state index contributed by atoms with van der Waals surface area (Å²) in [6.07, 6.45) is 7.98. The van der Waals surface area contributed by atoms with E-state index in [-0.39, 0.29) is 17.6 Å². The highest BCUT2D eigenvalue weighted by molar-refractivity contribution is 6.04. The number of likely N-dealkylation sites (tertiary alicyclic amines) is 1. The number of primary amides is 1. The zero-order valence-corrected chi connectivity index (χ0v) is 19.7. The Balaban J connectivity index is 1.63. The van der Waals surface area contributed by atoms with Gasteiger partial charge in [-0.2, -0.15) is 0 Å². The standard InChI is InChI=1S/C25H28FN7O2/c1-3-11-32-12-5-4-6-19(32)24-31-21(22(23(27)34)33(24)28)16-7-9-17(10-8-16)25(35)30-20-13-15(2)18(26)14-29-20/h3,7-11,13-14,19H,4-6,12,28H2,1-2H3,(H2,27,34)(H,29,30,35). The zero-order chi connectivity index (χ0) is 25.1. The molecule has 1 unspecified atom stereocenters. The molecule has 1 aliphatic heterocycles. The number of carbonyl (C=O) groups excluding carboxylic acids is 2. The van der Waals surface area contributed by atoms with Crippen LogP contribution in [0.15, 0.2) is 48.8 Å². The maximum atomic E-state index is 13.4. The molecule has 1 atom stereocenters. The second-order valence-electron chi connectivity index (χ2n) is 8.48.